The highest BCUT2D eigenvalue weighted by Gasteiger charge is 2.20. The van der Waals surface area contributed by atoms with Crippen LogP contribution in [0.2, 0.25) is 0 Å². The first-order valence-corrected chi connectivity index (χ1v) is 8.30. The number of rotatable bonds is 1. The van der Waals surface area contributed by atoms with E-state index in [4.69, 9.17) is 0 Å². The maximum atomic E-state index is 4.61. The van der Waals surface area contributed by atoms with Crippen molar-refractivity contribution in [3.8, 4) is 0 Å². The van der Waals surface area contributed by atoms with Crippen LogP contribution in [0.4, 0.5) is 0 Å². The van der Waals surface area contributed by atoms with Crippen molar-refractivity contribution in [3.05, 3.63) is 29.5 Å². The molecule has 0 aliphatic rings. The van der Waals surface area contributed by atoms with Crippen molar-refractivity contribution < 1.29 is 0 Å². The highest BCUT2D eigenvalue weighted by atomic mass is 32.1. The second-order valence-electron chi connectivity index (χ2n) is 7.42. The fourth-order valence-electron chi connectivity index (χ4n) is 1.85. The third-order valence-corrected chi connectivity index (χ3v) is 3.68. The average molecular weight is 292 g/mol. The lowest BCUT2D eigenvalue weighted by atomic mass is 9.89. The molecule has 1 heterocycles. The molecule has 2 aromatic rings. The molecule has 1 aromatic carbocycles. The van der Waals surface area contributed by atoms with Gasteiger partial charge in [0.25, 0.3) is 0 Å². The van der Waals surface area contributed by atoms with Crippen LogP contribution in [0.15, 0.2) is 18.2 Å². The Morgan fingerprint density at radius 1 is 1.00 bits per heavy atom. The predicted molar refractivity (Wildman–Crippen MR) is 92.9 cm³/mol. The number of nitrogens with zero attached hydrogens (tertiary/aromatic N) is 1. The average Bonchev–Trinajstić information content (AvgIpc) is 2.69. The Kier molecular flexibility index (Phi) is 5.76. The number of fused-ring (bicyclic) bond motifs is 1. The van der Waals surface area contributed by atoms with Crippen molar-refractivity contribution in [2.75, 3.05) is 0 Å². The van der Waals surface area contributed by atoms with Crippen LogP contribution in [0.25, 0.3) is 10.1 Å². The number of benzene rings is 1. The van der Waals surface area contributed by atoms with Crippen LogP contribution in [0.5, 0.6) is 0 Å². The summed E-state index contributed by atoms with van der Waals surface area (Å²) in [6.07, 6.45) is 0. The van der Waals surface area contributed by atoms with E-state index < -0.39 is 0 Å². The van der Waals surface area contributed by atoms with E-state index in [2.05, 4.69) is 78.0 Å². The Morgan fingerprint density at radius 3 is 2.00 bits per heavy atom. The first kappa shape index (κ1) is 17.2. The Labute approximate surface area is 128 Å². The molecule has 0 aliphatic heterocycles. The molecule has 0 fully saturated rings. The molecule has 1 aromatic heterocycles. The van der Waals surface area contributed by atoms with E-state index in [1.165, 1.54) is 21.3 Å². The van der Waals surface area contributed by atoms with E-state index in [0.717, 1.165) is 5.92 Å². The normalized spacial score (nSPS) is 11.9. The first-order chi connectivity index (χ1) is 9.12. The summed E-state index contributed by atoms with van der Waals surface area (Å²) >= 11 is 1.62. The van der Waals surface area contributed by atoms with Gasteiger partial charge in [0, 0.05) is 10.8 Å². The summed E-state index contributed by atoms with van der Waals surface area (Å²) < 4.78 is 5.92. The second-order valence-corrected chi connectivity index (χ2v) is 8.23. The minimum Gasteiger partial charge on any atom is -0.196 e. The Balaban J connectivity index is 0.000000444. The third-order valence-electron chi connectivity index (χ3n) is 2.87. The lowest BCUT2D eigenvalue weighted by Gasteiger charge is -2.15. The lowest BCUT2D eigenvalue weighted by molar-refractivity contribution is 0.581. The molecule has 2 rings (SSSR count). The molecular weight excluding hydrogens is 262 g/mol. The van der Waals surface area contributed by atoms with E-state index in [1.54, 1.807) is 11.5 Å². The van der Waals surface area contributed by atoms with Crippen molar-refractivity contribution in [2.45, 2.75) is 66.7 Å². The van der Waals surface area contributed by atoms with Gasteiger partial charge < -0.3 is 0 Å². The van der Waals surface area contributed by atoms with Gasteiger partial charge in [0.1, 0.15) is 0 Å². The van der Waals surface area contributed by atoms with E-state index in [9.17, 15) is 0 Å². The molecule has 0 atom stereocenters. The van der Waals surface area contributed by atoms with Gasteiger partial charge >= 0.3 is 0 Å². The predicted octanol–water partition coefficient (Wildman–Crippen LogP) is 6.38. The van der Waals surface area contributed by atoms with Crippen molar-refractivity contribution in [2.24, 2.45) is 5.92 Å². The molecule has 0 bridgehead atoms. The number of hydrogen-bond donors (Lipinski definition) is 0. The Morgan fingerprint density at radius 2 is 1.55 bits per heavy atom. The summed E-state index contributed by atoms with van der Waals surface area (Å²) in [5.41, 5.74) is 2.76. The van der Waals surface area contributed by atoms with E-state index in [1.807, 2.05) is 0 Å². The van der Waals surface area contributed by atoms with Crippen LogP contribution in [0.1, 0.15) is 72.6 Å². The monoisotopic (exact) mass is 291 g/mol. The topological polar surface area (TPSA) is 12.9 Å². The molecule has 1 nitrogen and oxygen atoms in total. The van der Waals surface area contributed by atoms with Crippen molar-refractivity contribution in [1.29, 1.82) is 0 Å². The molecule has 112 valence electrons. The molecule has 0 spiro atoms. The van der Waals surface area contributed by atoms with Gasteiger partial charge in [0.05, 0.1) is 10.4 Å². The highest BCUT2D eigenvalue weighted by Crippen LogP contribution is 2.33. The zero-order valence-electron chi connectivity index (χ0n) is 14.2. The maximum Gasteiger partial charge on any atom is 0.0674 e. The van der Waals surface area contributed by atoms with Gasteiger partial charge in [-0.25, -0.2) is 0 Å². The van der Waals surface area contributed by atoms with E-state index in [0.29, 0.717) is 5.92 Å². The molecule has 20 heavy (non-hydrogen) atoms. The Hall–Kier alpha value is -0.890. The maximum absolute atomic E-state index is 4.61. The third kappa shape index (κ3) is 4.59. The molecule has 0 saturated carbocycles. The molecule has 0 amide bonds. The molecule has 0 aliphatic carbocycles. The summed E-state index contributed by atoms with van der Waals surface area (Å²) in [4.78, 5) is 0. The largest absolute Gasteiger partial charge is 0.196 e. The van der Waals surface area contributed by atoms with Gasteiger partial charge in [-0.05, 0) is 35.0 Å². The molecule has 2 heteroatoms. The summed E-state index contributed by atoms with van der Waals surface area (Å²) in [7, 11) is 0. The summed E-state index contributed by atoms with van der Waals surface area (Å²) in [6, 6.07) is 6.75. The van der Waals surface area contributed by atoms with Gasteiger partial charge in [-0.3, -0.25) is 0 Å². The molecule has 0 unspecified atom stereocenters. The van der Waals surface area contributed by atoms with Crippen LogP contribution < -0.4 is 0 Å². The SMILES string of the molecule is CC(C)C.CC(C)c1ccc2c(C(C)(C)C)nsc2c1. The van der Waals surface area contributed by atoms with Crippen LogP contribution >= 0.6 is 11.5 Å². The van der Waals surface area contributed by atoms with Gasteiger partial charge in [0.15, 0.2) is 0 Å². The van der Waals surface area contributed by atoms with Crippen LogP contribution in [0.3, 0.4) is 0 Å². The minimum atomic E-state index is 0.137. The van der Waals surface area contributed by atoms with E-state index in [-0.39, 0.29) is 5.41 Å². The zero-order valence-corrected chi connectivity index (χ0v) is 15.1. The minimum absolute atomic E-state index is 0.137. The van der Waals surface area contributed by atoms with Gasteiger partial charge in [-0.1, -0.05) is 67.5 Å². The fourth-order valence-corrected chi connectivity index (χ4v) is 2.87. The van der Waals surface area contributed by atoms with Gasteiger partial charge in [-0.15, -0.1) is 0 Å². The molecule has 0 saturated heterocycles. The summed E-state index contributed by atoms with van der Waals surface area (Å²) in [5, 5.41) is 1.32. The van der Waals surface area contributed by atoms with Gasteiger partial charge in [-0.2, -0.15) is 4.37 Å². The first-order valence-electron chi connectivity index (χ1n) is 7.52. The number of hydrogen-bond acceptors (Lipinski definition) is 2. The lowest BCUT2D eigenvalue weighted by Crippen LogP contribution is -2.11. The standard InChI is InChI=1S/C14H19NS.C4H10/c1-9(2)10-6-7-11-12(8-10)16-15-13(11)14(3,4)5;1-4(2)3/h6-9H,1-5H3;4H,1-3H3. The molecule has 0 radical (unpaired) electrons. The van der Waals surface area contributed by atoms with Crippen LogP contribution in [0, 0.1) is 5.92 Å². The molecule has 0 N–H and O–H groups in total. The highest BCUT2D eigenvalue weighted by molar-refractivity contribution is 7.13. The van der Waals surface area contributed by atoms with Crippen LogP contribution in [-0.2, 0) is 5.41 Å². The smallest absolute Gasteiger partial charge is 0.0674 e. The quantitative estimate of drug-likeness (QED) is 0.594. The van der Waals surface area contributed by atoms with Crippen LogP contribution in [-0.4, -0.2) is 4.37 Å². The van der Waals surface area contributed by atoms with Gasteiger partial charge in [0.2, 0.25) is 0 Å². The summed E-state index contributed by atoms with van der Waals surface area (Å²) in [6.45, 7) is 17.6. The zero-order chi connectivity index (χ0) is 15.5. The van der Waals surface area contributed by atoms with Crippen molar-refractivity contribution >= 4 is 21.6 Å². The second kappa shape index (κ2) is 6.71. The number of aromatic nitrogens is 1. The fraction of sp³-hybridized carbons (Fsp3) is 0.611. The molecular formula is C18H29NS. The van der Waals surface area contributed by atoms with Crippen molar-refractivity contribution in [3.63, 3.8) is 0 Å². The van der Waals surface area contributed by atoms with Crippen molar-refractivity contribution in [1.82, 2.24) is 4.37 Å². The summed E-state index contributed by atoms with van der Waals surface area (Å²) in [5.74, 6) is 1.42. The Bertz CT molecular complexity index is 541. The van der Waals surface area contributed by atoms with E-state index >= 15 is 0 Å².